The summed E-state index contributed by atoms with van der Waals surface area (Å²) in [5.41, 5.74) is 2.56. The second-order valence-corrected chi connectivity index (χ2v) is 9.29. The van der Waals surface area contributed by atoms with Crippen LogP contribution in [0.5, 0.6) is 5.75 Å². The predicted octanol–water partition coefficient (Wildman–Crippen LogP) is 3.98. The number of aryl methyl sites for hydroxylation is 1. The van der Waals surface area contributed by atoms with E-state index in [1.54, 1.807) is 32.9 Å². The number of benzene rings is 1. The molecule has 1 N–H and O–H groups in total. The van der Waals surface area contributed by atoms with E-state index in [9.17, 15) is 14.7 Å². The highest BCUT2D eigenvalue weighted by molar-refractivity contribution is 5.97. The Morgan fingerprint density at radius 3 is 2.69 bits per heavy atom. The van der Waals surface area contributed by atoms with E-state index in [1.165, 1.54) is 7.11 Å². The van der Waals surface area contributed by atoms with Crippen molar-refractivity contribution in [1.82, 2.24) is 0 Å². The van der Waals surface area contributed by atoms with Crippen molar-refractivity contribution < 1.29 is 38.4 Å². The molecule has 0 spiro atoms. The number of aliphatic hydroxyl groups excluding tert-OH is 1. The molecular formula is C27H36O8. The Kier molecular flexibility index (Phi) is 9.24. The summed E-state index contributed by atoms with van der Waals surface area (Å²) in [4.78, 5) is 26.4. The number of carbonyl (C=O) groups is 2. The molecule has 0 saturated carbocycles. The highest BCUT2D eigenvalue weighted by Gasteiger charge is 2.44. The molecule has 1 saturated heterocycles. The van der Waals surface area contributed by atoms with Crippen molar-refractivity contribution in [1.29, 1.82) is 0 Å². The Morgan fingerprint density at radius 1 is 1.20 bits per heavy atom. The fraction of sp³-hybridized carbons (Fsp3) is 0.556. The van der Waals surface area contributed by atoms with E-state index in [1.807, 2.05) is 25.1 Å². The second kappa shape index (κ2) is 11.9. The first kappa shape index (κ1) is 27.1. The molecule has 0 aromatic heterocycles. The second-order valence-electron chi connectivity index (χ2n) is 9.29. The van der Waals surface area contributed by atoms with Gasteiger partial charge in [0, 0.05) is 20.1 Å². The molecule has 1 aromatic rings. The van der Waals surface area contributed by atoms with E-state index in [2.05, 4.69) is 0 Å². The van der Waals surface area contributed by atoms with Crippen LogP contribution in [0.25, 0.3) is 6.08 Å². The Hall–Kier alpha value is -2.52. The number of esters is 1. The maximum atomic E-state index is 13.4. The number of fused-ring (bicyclic) bond motifs is 2. The van der Waals surface area contributed by atoms with Gasteiger partial charge in [-0.2, -0.15) is 0 Å². The van der Waals surface area contributed by atoms with Gasteiger partial charge in [-0.15, -0.1) is 0 Å². The zero-order chi connectivity index (χ0) is 25.6. The van der Waals surface area contributed by atoms with Crippen molar-refractivity contribution in [3.8, 4) is 5.75 Å². The molecule has 3 atom stereocenters. The maximum Gasteiger partial charge on any atom is 0.343 e. The molecule has 3 rings (SSSR count). The van der Waals surface area contributed by atoms with Crippen LogP contribution < -0.4 is 4.74 Å². The summed E-state index contributed by atoms with van der Waals surface area (Å²) in [6.45, 7) is 7.18. The average Bonchev–Trinajstić information content (AvgIpc) is 3.13. The molecule has 2 aliphatic heterocycles. The third-order valence-electron chi connectivity index (χ3n) is 6.14. The van der Waals surface area contributed by atoms with Crippen molar-refractivity contribution in [2.75, 3.05) is 20.5 Å². The van der Waals surface area contributed by atoms with Gasteiger partial charge in [-0.25, -0.2) is 4.79 Å². The normalized spacial score (nSPS) is 24.7. The number of Topliss-reactive ketones (excluding diaryl/α,β-unsaturated/α-hetero) is 1. The number of carbonyl (C=O) groups excluding carboxylic acids is 2. The lowest BCUT2D eigenvalue weighted by Crippen LogP contribution is -2.31. The monoisotopic (exact) mass is 488 g/mol. The Morgan fingerprint density at radius 2 is 1.97 bits per heavy atom. The number of methoxy groups -OCH3 is 1. The van der Waals surface area contributed by atoms with Crippen molar-refractivity contribution in [2.24, 2.45) is 0 Å². The van der Waals surface area contributed by atoms with Crippen LogP contribution in [0, 0.1) is 0 Å². The summed E-state index contributed by atoms with van der Waals surface area (Å²) >= 11 is 0. The zero-order valence-electron chi connectivity index (χ0n) is 21.2. The first-order valence-corrected chi connectivity index (χ1v) is 12.0. The molecule has 192 valence electrons. The van der Waals surface area contributed by atoms with Crippen molar-refractivity contribution in [2.45, 2.75) is 77.5 Å². The third-order valence-corrected chi connectivity index (χ3v) is 6.14. The van der Waals surface area contributed by atoms with Crippen LogP contribution in [0.15, 0.2) is 29.9 Å². The minimum absolute atomic E-state index is 0.0258. The minimum Gasteiger partial charge on any atom is -0.467 e. The van der Waals surface area contributed by atoms with E-state index >= 15 is 0 Å². The Balaban J connectivity index is 2.10. The quantitative estimate of drug-likeness (QED) is 0.365. The molecule has 2 heterocycles. The molecular weight excluding hydrogens is 452 g/mol. The number of allylic oxidation sites excluding steroid dienone is 1. The molecule has 8 heteroatoms. The smallest absolute Gasteiger partial charge is 0.343 e. The van der Waals surface area contributed by atoms with Gasteiger partial charge in [0.05, 0.1) is 6.10 Å². The first-order valence-electron chi connectivity index (χ1n) is 12.0. The van der Waals surface area contributed by atoms with E-state index in [4.69, 9.17) is 23.7 Å². The lowest BCUT2D eigenvalue weighted by Gasteiger charge is -2.20. The van der Waals surface area contributed by atoms with Crippen LogP contribution in [0.1, 0.15) is 68.4 Å². The van der Waals surface area contributed by atoms with E-state index in [0.29, 0.717) is 36.1 Å². The fourth-order valence-corrected chi connectivity index (χ4v) is 4.23. The standard InChI is InChI=1S/C27H36O8/c1-17-11-13-21(29)25-23(34-27(3,4)35-25)10-6-9-20-19(8-7-15-28)12-14-22(32-16-31-5)24(20)26(30)33-18(17)2/h6,9,11-12,14,18,23,25,28H,7-8,10,13,15-16H2,1-5H3/t18-,23-,25+/m0/s1. The van der Waals surface area contributed by atoms with Crippen LogP contribution in [0.4, 0.5) is 0 Å². The summed E-state index contributed by atoms with van der Waals surface area (Å²) < 4.78 is 28.5. The summed E-state index contributed by atoms with van der Waals surface area (Å²) in [6, 6.07) is 3.60. The van der Waals surface area contributed by atoms with Crippen LogP contribution >= 0.6 is 0 Å². The van der Waals surface area contributed by atoms with E-state index in [-0.39, 0.29) is 25.6 Å². The number of hydrogen-bond acceptors (Lipinski definition) is 8. The van der Waals surface area contributed by atoms with Gasteiger partial charge in [0.2, 0.25) is 0 Å². The van der Waals surface area contributed by atoms with E-state index in [0.717, 1.165) is 11.1 Å². The minimum atomic E-state index is -0.872. The van der Waals surface area contributed by atoms with Gasteiger partial charge >= 0.3 is 5.97 Å². The molecule has 1 fully saturated rings. The molecule has 1 aromatic carbocycles. The summed E-state index contributed by atoms with van der Waals surface area (Å²) in [5.74, 6) is -1.14. The fourth-order valence-electron chi connectivity index (χ4n) is 4.23. The molecule has 2 aliphatic rings. The zero-order valence-corrected chi connectivity index (χ0v) is 21.2. The van der Waals surface area contributed by atoms with E-state index < -0.39 is 30.1 Å². The Bertz CT molecular complexity index is 978. The number of cyclic esters (lactones) is 1. The summed E-state index contributed by atoms with van der Waals surface area (Å²) in [5, 5.41) is 9.38. The van der Waals surface area contributed by atoms with Gasteiger partial charge < -0.3 is 28.8 Å². The summed E-state index contributed by atoms with van der Waals surface area (Å²) in [7, 11) is 1.51. The SMILES string of the molecule is COCOc1ccc(CCCO)c2c1C(=O)O[C@@H](C)C(C)=CCC(=O)[C@H]1OC(C)(C)O[C@H]1CC=C2. The maximum absolute atomic E-state index is 13.4. The van der Waals surface area contributed by atoms with Crippen LogP contribution in [0.3, 0.4) is 0 Å². The molecule has 0 amide bonds. The summed E-state index contributed by atoms with van der Waals surface area (Å²) in [6.07, 6.45) is 5.45. The largest absolute Gasteiger partial charge is 0.467 e. The van der Waals surface area contributed by atoms with Crippen LogP contribution in [0.2, 0.25) is 0 Å². The predicted molar refractivity (Wildman–Crippen MR) is 130 cm³/mol. The lowest BCUT2D eigenvalue weighted by molar-refractivity contribution is -0.154. The molecule has 0 bridgehead atoms. The molecule has 0 radical (unpaired) electrons. The molecule has 0 unspecified atom stereocenters. The topological polar surface area (TPSA) is 101 Å². The lowest BCUT2D eigenvalue weighted by atomic mass is 9.95. The van der Waals surface area contributed by atoms with Gasteiger partial charge in [-0.05, 0) is 69.7 Å². The van der Waals surface area contributed by atoms with Crippen LogP contribution in [-0.4, -0.2) is 61.5 Å². The van der Waals surface area contributed by atoms with Gasteiger partial charge in [-0.1, -0.05) is 24.3 Å². The van der Waals surface area contributed by atoms with Crippen molar-refractivity contribution >= 4 is 17.8 Å². The average molecular weight is 489 g/mol. The van der Waals surface area contributed by atoms with Gasteiger partial charge in [0.1, 0.15) is 23.5 Å². The van der Waals surface area contributed by atoms with Gasteiger partial charge in [0.15, 0.2) is 18.4 Å². The van der Waals surface area contributed by atoms with Crippen molar-refractivity contribution in [3.63, 3.8) is 0 Å². The van der Waals surface area contributed by atoms with Gasteiger partial charge in [0.25, 0.3) is 0 Å². The molecule has 35 heavy (non-hydrogen) atoms. The Labute approximate surface area is 206 Å². The third kappa shape index (κ3) is 6.79. The van der Waals surface area contributed by atoms with Crippen molar-refractivity contribution in [3.05, 3.63) is 46.5 Å². The number of aliphatic hydroxyl groups is 1. The van der Waals surface area contributed by atoms with Gasteiger partial charge in [-0.3, -0.25) is 4.79 Å². The number of ketones is 1. The molecule has 0 aliphatic carbocycles. The molecule has 8 nitrogen and oxygen atoms in total. The highest BCUT2D eigenvalue weighted by atomic mass is 16.8. The number of rotatable bonds is 6. The number of ether oxygens (including phenoxy) is 5. The highest BCUT2D eigenvalue weighted by Crippen LogP contribution is 2.34. The first-order chi connectivity index (χ1) is 16.7. The number of hydrogen-bond donors (Lipinski definition) is 1. The van der Waals surface area contributed by atoms with Crippen LogP contribution in [-0.2, 0) is 30.2 Å².